The molecule has 9 heteroatoms. The number of esters is 1. The van der Waals surface area contributed by atoms with Crippen molar-refractivity contribution in [3.05, 3.63) is 54.1 Å². The Bertz CT molecular complexity index is 1120. The highest BCUT2D eigenvalue weighted by Crippen LogP contribution is 2.26. The van der Waals surface area contributed by atoms with Crippen LogP contribution in [0.3, 0.4) is 0 Å². The molecule has 2 aromatic rings. The Hall–Kier alpha value is -3.88. The number of amidine groups is 1. The van der Waals surface area contributed by atoms with Gasteiger partial charge in [-0.05, 0) is 55.4 Å². The van der Waals surface area contributed by atoms with E-state index in [0.29, 0.717) is 24.3 Å². The van der Waals surface area contributed by atoms with Gasteiger partial charge >= 0.3 is 12.1 Å². The molecular weight excluding hydrogens is 486 g/mol. The second kappa shape index (κ2) is 13.1. The first-order valence-corrected chi connectivity index (χ1v) is 13.2. The number of nitrogens with one attached hydrogen (secondary N) is 3. The molecule has 38 heavy (non-hydrogen) atoms. The normalized spacial score (nSPS) is 19.7. The van der Waals surface area contributed by atoms with Crippen molar-refractivity contribution in [2.24, 2.45) is 5.92 Å². The predicted molar refractivity (Wildman–Crippen MR) is 142 cm³/mol. The lowest BCUT2D eigenvalue weighted by Gasteiger charge is -2.16. The number of carbonyl (C=O) groups excluding carboxylic acids is 3. The van der Waals surface area contributed by atoms with Crippen LogP contribution in [0.5, 0.6) is 5.75 Å². The number of ether oxygens (including phenoxy) is 3. The summed E-state index contributed by atoms with van der Waals surface area (Å²) >= 11 is 0. The van der Waals surface area contributed by atoms with Crippen molar-refractivity contribution in [1.29, 1.82) is 5.41 Å². The van der Waals surface area contributed by atoms with E-state index in [1.54, 1.807) is 12.1 Å². The fourth-order valence-electron chi connectivity index (χ4n) is 4.90. The van der Waals surface area contributed by atoms with E-state index in [1.165, 1.54) is 20.0 Å². The summed E-state index contributed by atoms with van der Waals surface area (Å²) in [6.45, 7) is 0.323. The molecule has 0 unspecified atom stereocenters. The number of benzene rings is 2. The summed E-state index contributed by atoms with van der Waals surface area (Å²) in [6.07, 6.45) is 6.38. The van der Waals surface area contributed by atoms with Crippen LogP contribution in [0.1, 0.15) is 56.9 Å². The van der Waals surface area contributed by atoms with Gasteiger partial charge in [-0.3, -0.25) is 20.3 Å². The minimum absolute atomic E-state index is 0.00782. The molecule has 1 heterocycles. The third kappa shape index (κ3) is 7.57. The van der Waals surface area contributed by atoms with E-state index >= 15 is 0 Å². The van der Waals surface area contributed by atoms with Crippen LogP contribution >= 0.6 is 0 Å². The highest BCUT2D eigenvalue weighted by atomic mass is 16.5. The van der Waals surface area contributed by atoms with Crippen LogP contribution in [0.2, 0.25) is 0 Å². The first-order chi connectivity index (χ1) is 18.4. The predicted octanol–water partition coefficient (Wildman–Crippen LogP) is 4.57. The molecular formula is C29H35N3O6. The summed E-state index contributed by atoms with van der Waals surface area (Å²) in [6, 6.07) is 14.7. The average molecular weight is 522 g/mol. The lowest BCUT2D eigenvalue weighted by molar-refractivity contribution is -0.152. The number of rotatable bonds is 8. The standard InChI is InChI=1S/C29H35N3O6/c1-36-29(35)32-27(30)21-10-8-19(9-11-21)20-12-14-24(15-13-20)37-18-23-16-22(28(34)31-23)17-26(33)38-25-6-4-2-3-5-7-25/h8-15,22-23,25H,2-7,16-18H2,1H3,(H,31,34)(H2,30,32,35)/t22-,23-/m0/s1. The van der Waals surface area contributed by atoms with Crippen LogP contribution in [0.4, 0.5) is 4.79 Å². The molecule has 3 N–H and O–H groups in total. The number of amides is 2. The van der Waals surface area contributed by atoms with Gasteiger partial charge in [0.05, 0.1) is 25.5 Å². The van der Waals surface area contributed by atoms with Crippen LogP contribution < -0.4 is 15.4 Å². The molecule has 9 nitrogen and oxygen atoms in total. The summed E-state index contributed by atoms with van der Waals surface area (Å²) in [5.41, 5.74) is 2.49. The minimum Gasteiger partial charge on any atom is -0.491 e. The highest BCUT2D eigenvalue weighted by Gasteiger charge is 2.34. The summed E-state index contributed by atoms with van der Waals surface area (Å²) in [5, 5.41) is 13.2. The van der Waals surface area contributed by atoms with Crippen molar-refractivity contribution < 1.29 is 28.6 Å². The first-order valence-electron chi connectivity index (χ1n) is 13.2. The molecule has 2 fully saturated rings. The van der Waals surface area contributed by atoms with E-state index in [0.717, 1.165) is 36.8 Å². The van der Waals surface area contributed by atoms with E-state index in [4.69, 9.17) is 14.9 Å². The molecule has 0 bridgehead atoms. The maximum absolute atomic E-state index is 12.4. The topological polar surface area (TPSA) is 127 Å². The number of hydrogen-bond donors (Lipinski definition) is 3. The van der Waals surface area contributed by atoms with Crippen molar-refractivity contribution in [2.45, 2.75) is 63.5 Å². The molecule has 0 aromatic heterocycles. The van der Waals surface area contributed by atoms with Gasteiger partial charge in [-0.25, -0.2) is 4.79 Å². The Morgan fingerprint density at radius 2 is 1.61 bits per heavy atom. The van der Waals surface area contributed by atoms with E-state index in [9.17, 15) is 14.4 Å². The fourth-order valence-corrected chi connectivity index (χ4v) is 4.90. The van der Waals surface area contributed by atoms with E-state index in [-0.39, 0.29) is 42.2 Å². The molecule has 1 aliphatic carbocycles. The van der Waals surface area contributed by atoms with Crippen LogP contribution in [-0.2, 0) is 19.1 Å². The van der Waals surface area contributed by atoms with E-state index in [1.807, 2.05) is 36.4 Å². The second-order valence-electron chi connectivity index (χ2n) is 9.85. The zero-order valence-electron chi connectivity index (χ0n) is 21.7. The van der Waals surface area contributed by atoms with Crippen molar-refractivity contribution in [2.75, 3.05) is 13.7 Å². The van der Waals surface area contributed by atoms with Gasteiger partial charge in [0.25, 0.3) is 0 Å². The van der Waals surface area contributed by atoms with Gasteiger partial charge in [-0.1, -0.05) is 49.2 Å². The van der Waals surface area contributed by atoms with Crippen molar-refractivity contribution in [3.8, 4) is 16.9 Å². The SMILES string of the molecule is COC(=O)NC(=N)c1ccc(-c2ccc(OC[C@@H]3C[C@@H](CC(=O)OC4CCCCCC4)C(=O)N3)cc2)cc1. The Morgan fingerprint density at radius 3 is 2.24 bits per heavy atom. The van der Waals surface area contributed by atoms with Gasteiger partial charge in [0.1, 0.15) is 24.3 Å². The Balaban J connectivity index is 1.23. The number of hydrogen-bond acceptors (Lipinski definition) is 7. The molecule has 4 rings (SSSR count). The van der Waals surface area contributed by atoms with Gasteiger partial charge in [0.2, 0.25) is 5.91 Å². The van der Waals surface area contributed by atoms with Gasteiger partial charge in [-0.15, -0.1) is 0 Å². The molecule has 2 amide bonds. The fraction of sp³-hybridized carbons (Fsp3) is 0.448. The zero-order chi connectivity index (χ0) is 26.9. The monoisotopic (exact) mass is 521 g/mol. The van der Waals surface area contributed by atoms with Gasteiger partial charge < -0.3 is 19.5 Å². The molecule has 1 aliphatic heterocycles. The molecule has 202 valence electrons. The third-order valence-electron chi connectivity index (χ3n) is 7.02. The van der Waals surface area contributed by atoms with Crippen molar-refractivity contribution in [1.82, 2.24) is 10.6 Å². The van der Waals surface area contributed by atoms with Gasteiger partial charge in [0, 0.05) is 5.56 Å². The average Bonchev–Trinajstić information content (AvgIpc) is 3.09. The maximum Gasteiger partial charge on any atom is 0.412 e. The van der Waals surface area contributed by atoms with E-state index < -0.39 is 6.09 Å². The maximum atomic E-state index is 12.4. The minimum atomic E-state index is -0.685. The second-order valence-corrected chi connectivity index (χ2v) is 9.85. The summed E-state index contributed by atoms with van der Waals surface area (Å²) in [5.74, 6) is -0.134. The zero-order valence-corrected chi connectivity index (χ0v) is 21.7. The Kier molecular flexibility index (Phi) is 9.35. The molecule has 2 aromatic carbocycles. The largest absolute Gasteiger partial charge is 0.491 e. The number of methoxy groups -OCH3 is 1. The van der Waals surface area contributed by atoms with Crippen LogP contribution in [0.15, 0.2) is 48.5 Å². The molecule has 1 saturated heterocycles. The summed E-state index contributed by atoms with van der Waals surface area (Å²) < 4.78 is 16.1. The van der Waals surface area contributed by atoms with Gasteiger partial charge in [0.15, 0.2) is 0 Å². The van der Waals surface area contributed by atoms with Crippen molar-refractivity contribution in [3.63, 3.8) is 0 Å². The smallest absolute Gasteiger partial charge is 0.412 e. The molecule has 2 aliphatic rings. The summed E-state index contributed by atoms with van der Waals surface area (Å²) in [7, 11) is 1.25. The van der Waals surface area contributed by atoms with E-state index in [2.05, 4.69) is 15.4 Å². The van der Waals surface area contributed by atoms with Crippen LogP contribution in [0, 0.1) is 11.3 Å². The Labute approximate surface area is 222 Å². The molecule has 1 saturated carbocycles. The van der Waals surface area contributed by atoms with Gasteiger partial charge in [-0.2, -0.15) is 0 Å². The van der Waals surface area contributed by atoms with Crippen LogP contribution in [-0.4, -0.2) is 49.7 Å². The van der Waals surface area contributed by atoms with Crippen molar-refractivity contribution >= 4 is 23.8 Å². The lowest BCUT2D eigenvalue weighted by atomic mass is 10.0. The quantitative estimate of drug-likeness (QED) is 0.202. The number of alkyl carbamates (subject to hydrolysis) is 1. The Morgan fingerprint density at radius 1 is 0.974 bits per heavy atom. The summed E-state index contributed by atoms with van der Waals surface area (Å²) in [4.78, 5) is 36.1. The molecule has 0 spiro atoms. The molecule has 2 atom stereocenters. The van der Waals surface area contributed by atoms with Crippen LogP contribution in [0.25, 0.3) is 11.1 Å². The molecule has 0 radical (unpaired) electrons. The first kappa shape index (κ1) is 27.2. The highest BCUT2D eigenvalue weighted by molar-refractivity contribution is 6.04. The lowest BCUT2D eigenvalue weighted by Crippen LogP contribution is -2.31. The number of carbonyl (C=O) groups is 3. The third-order valence-corrected chi connectivity index (χ3v) is 7.02.